The van der Waals surface area contributed by atoms with Gasteiger partial charge in [-0.3, -0.25) is 19.0 Å². The molecule has 3 heterocycles. The highest BCUT2D eigenvalue weighted by Crippen LogP contribution is 2.65. The minimum absolute atomic E-state index is 0.166. The Hall–Kier alpha value is -6.19. The average molecular weight is 742 g/mol. The number of nitrogens with zero attached hydrogens (tertiary/aromatic N) is 3. The van der Waals surface area contributed by atoms with E-state index in [1.807, 2.05) is 116 Å². The molecule has 1 aromatic heterocycles. The molecule has 2 aliphatic heterocycles. The minimum atomic E-state index is -1.16. The van der Waals surface area contributed by atoms with Crippen LogP contribution in [0.25, 0.3) is 16.8 Å². The number of carbonyl (C=O) groups excluding carboxylic acids is 3. The zero-order chi connectivity index (χ0) is 37.7. The Kier molecular flexibility index (Phi) is 7.38. The van der Waals surface area contributed by atoms with Gasteiger partial charge in [0.15, 0.2) is 4.80 Å². The van der Waals surface area contributed by atoms with Crippen LogP contribution in [-0.4, -0.2) is 29.0 Å². The van der Waals surface area contributed by atoms with E-state index in [9.17, 15) is 9.59 Å². The van der Waals surface area contributed by atoms with E-state index in [1.165, 1.54) is 16.2 Å². The zero-order valence-corrected chi connectivity index (χ0v) is 31.2. The van der Waals surface area contributed by atoms with Gasteiger partial charge in [0.1, 0.15) is 0 Å². The molecule has 1 saturated heterocycles. The number of esters is 1. The fourth-order valence-corrected chi connectivity index (χ4v) is 10.9. The van der Waals surface area contributed by atoms with Crippen molar-refractivity contribution in [3.05, 3.63) is 180 Å². The first-order valence-corrected chi connectivity index (χ1v) is 19.4. The van der Waals surface area contributed by atoms with Crippen molar-refractivity contribution >= 4 is 51.7 Å². The second-order valence-electron chi connectivity index (χ2n) is 14.7. The van der Waals surface area contributed by atoms with Gasteiger partial charge in [-0.15, -0.1) is 0 Å². The number of carbonyl (C=O) groups is 3. The van der Waals surface area contributed by atoms with E-state index in [-0.39, 0.29) is 29.9 Å². The Bertz CT molecular complexity index is 2830. The van der Waals surface area contributed by atoms with Crippen molar-refractivity contribution in [3.63, 3.8) is 0 Å². The zero-order valence-electron chi connectivity index (χ0n) is 30.4. The van der Waals surface area contributed by atoms with Crippen molar-refractivity contribution in [2.75, 3.05) is 11.5 Å². The van der Waals surface area contributed by atoms with Gasteiger partial charge >= 0.3 is 5.97 Å². The number of ether oxygens (including phenoxy) is 1. The first-order valence-electron chi connectivity index (χ1n) is 18.6. The third-order valence-electron chi connectivity index (χ3n) is 12.0. The molecule has 0 unspecified atom stereocenters. The highest BCUT2D eigenvalue weighted by Gasteiger charge is 2.67. The highest BCUT2D eigenvalue weighted by atomic mass is 32.1. The van der Waals surface area contributed by atoms with Crippen LogP contribution in [0.15, 0.2) is 136 Å². The van der Waals surface area contributed by atoms with Gasteiger partial charge < -0.3 is 4.74 Å². The Balaban J connectivity index is 1.26. The molecule has 3 aliphatic carbocycles. The van der Waals surface area contributed by atoms with Crippen LogP contribution in [-0.2, 0) is 24.5 Å². The molecule has 6 aromatic rings. The van der Waals surface area contributed by atoms with Gasteiger partial charge in [-0.25, -0.2) is 14.7 Å². The van der Waals surface area contributed by atoms with Gasteiger partial charge in [0.05, 0.1) is 51.4 Å². The number of aromatic nitrogens is 1. The lowest BCUT2D eigenvalue weighted by Gasteiger charge is -2.53. The number of imide groups is 1. The fraction of sp³-hybridized carbons (Fsp3) is 0.196. The predicted molar refractivity (Wildman–Crippen MR) is 211 cm³/mol. The van der Waals surface area contributed by atoms with Crippen molar-refractivity contribution in [2.45, 2.75) is 38.1 Å². The predicted octanol–water partition coefficient (Wildman–Crippen LogP) is 6.46. The van der Waals surface area contributed by atoms with Crippen molar-refractivity contribution in [1.29, 1.82) is 0 Å². The molecular weight excluding hydrogens is 707 g/mol. The molecule has 0 saturated carbocycles. The summed E-state index contributed by atoms with van der Waals surface area (Å²) in [6.45, 7) is 5.67. The Morgan fingerprint density at radius 2 is 1.44 bits per heavy atom. The van der Waals surface area contributed by atoms with Crippen molar-refractivity contribution in [1.82, 2.24) is 4.57 Å². The molecule has 2 amide bonds. The summed E-state index contributed by atoms with van der Waals surface area (Å²) < 4.78 is 7.57. The summed E-state index contributed by atoms with van der Waals surface area (Å²) in [5, 5.41) is 1.88. The lowest BCUT2D eigenvalue weighted by atomic mass is 9.47. The van der Waals surface area contributed by atoms with E-state index in [4.69, 9.17) is 9.73 Å². The molecular formula is C46H35N3O5S. The van der Waals surface area contributed by atoms with Crippen LogP contribution in [0.3, 0.4) is 0 Å². The SMILES string of the molecule is CCOC(=O)C1=C(C)N=c2s/c(=C/C34c5ccccc5C(c5ccccc53)[C@@H]3C(=O)N(c5ccc(C)cc5)C(=O)[C@H]34)c(=O)n2[C@H]1c1cccc2ccccc12. The lowest BCUT2D eigenvalue weighted by Crippen LogP contribution is -2.53. The average Bonchev–Trinajstić information content (AvgIpc) is 3.65. The number of allylic oxidation sites excluding steroid dienone is 1. The number of aryl methyl sites for hydroxylation is 1. The topological polar surface area (TPSA) is 98.0 Å². The molecule has 11 rings (SSSR count). The largest absolute Gasteiger partial charge is 0.463 e. The maximum atomic E-state index is 15.2. The number of hydrogen-bond donors (Lipinski definition) is 0. The summed E-state index contributed by atoms with van der Waals surface area (Å²) in [7, 11) is 0. The number of thiazole rings is 1. The standard InChI is InChI=1S/C46H35N3O5S/c1-4-54-44(53)36-26(3)47-45-49(40(36)30-17-11-13-27-12-5-6-14-29(27)30)41(50)35(55-45)24-46-33-18-9-7-15-31(33)37(32-16-8-10-19-34(32)46)38-39(46)43(52)48(42(38)51)28-22-20-25(2)21-23-28/h5-24,37-40H,4H2,1-3H3/b35-24+/t37?,38-,39-,40-,46?/m0/s1. The Morgan fingerprint density at radius 1 is 0.800 bits per heavy atom. The molecule has 1 fully saturated rings. The number of amides is 2. The normalized spacial score (nSPS) is 23.7. The highest BCUT2D eigenvalue weighted by molar-refractivity contribution is 7.07. The molecule has 0 spiro atoms. The molecule has 3 atom stereocenters. The Morgan fingerprint density at radius 3 is 2.15 bits per heavy atom. The van der Waals surface area contributed by atoms with Crippen LogP contribution < -0.4 is 19.8 Å². The van der Waals surface area contributed by atoms with Gasteiger partial charge in [0, 0.05) is 5.92 Å². The maximum absolute atomic E-state index is 15.2. The lowest BCUT2D eigenvalue weighted by molar-refractivity contribution is -0.139. The Labute approximate surface area is 320 Å². The molecule has 9 heteroatoms. The number of rotatable bonds is 5. The van der Waals surface area contributed by atoms with E-state index >= 15 is 9.59 Å². The molecule has 270 valence electrons. The van der Waals surface area contributed by atoms with E-state index in [1.54, 1.807) is 18.4 Å². The number of benzene rings is 5. The van der Waals surface area contributed by atoms with Crippen LogP contribution in [0.5, 0.6) is 0 Å². The smallest absolute Gasteiger partial charge is 0.338 e. The first kappa shape index (κ1) is 33.4. The van der Waals surface area contributed by atoms with Crippen LogP contribution in [0, 0.1) is 18.8 Å². The van der Waals surface area contributed by atoms with Crippen LogP contribution >= 0.6 is 11.3 Å². The summed E-state index contributed by atoms with van der Waals surface area (Å²) >= 11 is 1.24. The van der Waals surface area contributed by atoms with Crippen LogP contribution in [0.1, 0.15) is 59.2 Å². The third-order valence-corrected chi connectivity index (χ3v) is 13.0. The molecule has 0 N–H and O–H groups in total. The summed E-state index contributed by atoms with van der Waals surface area (Å²) in [5.74, 6) is -2.87. The van der Waals surface area contributed by atoms with Gasteiger partial charge in [0.2, 0.25) is 11.8 Å². The summed E-state index contributed by atoms with van der Waals surface area (Å²) in [5.41, 5.74) is 5.39. The summed E-state index contributed by atoms with van der Waals surface area (Å²) in [6, 6.07) is 36.5. The van der Waals surface area contributed by atoms with Gasteiger partial charge in [-0.1, -0.05) is 120 Å². The molecule has 5 aromatic carbocycles. The van der Waals surface area contributed by atoms with Gasteiger partial charge in [-0.2, -0.15) is 0 Å². The number of anilines is 1. The third kappa shape index (κ3) is 4.53. The van der Waals surface area contributed by atoms with Crippen LogP contribution in [0.2, 0.25) is 0 Å². The van der Waals surface area contributed by atoms with E-state index in [2.05, 4.69) is 12.1 Å². The van der Waals surface area contributed by atoms with Gasteiger partial charge in [-0.05, 0) is 77.6 Å². The van der Waals surface area contributed by atoms with E-state index in [0.717, 1.165) is 44.2 Å². The van der Waals surface area contributed by atoms with Gasteiger partial charge in [0.25, 0.3) is 5.56 Å². The molecule has 5 aliphatic rings. The first-order chi connectivity index (χ1) is 26.7. The van der Waals surface area contributed by atoms with Crippen molar-refractivity contribution < 1.29 is 19.1 Å². The van der Waals surface area contributed by atoms with E-state index in [0.29, 0.717) is 26.3 Å². The minimum Gasteiger partial charge on any atom is -0.463 e. The van der Waals surface area contributed by atoms with E-state index < -0.39 is 29.3 Å². The second-order valence-corrected chi connectivity index (χ2v) is 15.8. The number of hydrogen-bond acceptors (Lipinski definition) is 7. The second kappa shape index (κ2) is 12.2. The molecule has 8 nitrogen and oxygen atoms in total. The maximum Gasteiger partial charge on any atom is 0.338 e. The number of fused-ring (bicyclic) bond motifs is 2. The molecule has 0 radical (unpaired) electrons. The fourth-order valence-electron chi connectivity index (χ4n) is 9.81. The van der Waals surface area contributed by atoms with Crippen molar-refractivity contribution in [2.24, 2.45) is 16.8 Å². The summed E-state index contributed by atoms with van der Waals surface area (Å²) in [4.78, 5) is 65.4. The molecule has 55 heavy (non-hydrogen) atoms. The summed E-state index contributed by atoms with van der Waals surface area (Å²) in [6.07, 6.45) is 1.94. The van der Waals surface area contributed by atoms with Crippen molar-refractivity contribution in [3.8, 4) is 0 Å². The quantitative estimate of drug-likeness (QED) is 0.149. The molecule has 2 bridgehead atoms. The van der Waals surface area contributed by atoms with Crippen LogP contribution in [0.4, 0.5) is 5.69 Å². The monoisotopic (exact) mass is 741 g/mol.